The first-order valence-electron chi connectivity index (χ1n) is 10.3. The predicted molar refractivity (Wildman–Crippen MR) is 136 cm³/mol. The molecule has 0 heterocycles. The summed E-state index contributed by atoms with van der Waals surface area (Å²) < 4.78 is 0. The summed E-state index contributed by atoms with van der Waals surface area (Å²) in [5, 5.41) is 96.6. The van der Waals surface area contributed by atoms with Crippen LogP contribution in [0.4, 0.5) is 0 Å². The van der Waals surface area contributed by atoms with Gasteiger partial charge < -0.3 is 61.3 Å². The van der Waals surface area contributed by atoms with E-state index < -0.39 is 72.8 Å². The molecule has 0 aliphatic carbocycles. The number of hydrogen-bond donors (Lipinski definition) is 14. The molecule has 15 N–H and O–H groups in total. The highest BCUT2D eigenvalue weighted by Crippen LogP contribution is 2.03. The monoisotopic (exact) mass is 616 g/mol. The number of hydrazine groups is 1. The lowest BCUT2D eigenvalue weighted by molar-refractivity contribution is -0.135. The van der Waals surface area contributed by atoms with Gasteiger partial charge in [0, 0.05) is 55.0 Å². The molecule has 0 aliphatic rings. The number of hydrogen-bond acceptors (Lipinski definition) is 14. The van der Waals surface area contributed by atoms with E-state index in [0.29, 0.717) is 0 Å². The summed E-state index contributed by atoms with van der Waals surface area (Å²) in [5.41, 5.74) is 2.09. The van der Waals surface area contributed by atoms with Gasteiger partial charge in [-0.05, 0) is 0 Å². The van der Waals surface area contributed by atoms with Crippen LogP contribution in [0.15, 0.2) is 0 Å². The second-order valence-corrected chi connectivity index (χ2v) is 6.34. The molecule has 0 saturated carbocycles. The van der Waals surface area contributed by atoms with E-state index in [1.54, 1.807) is 0 Å². The number of carboxylic acid groups (broad SMARTS) is 7. The molecular formula is C20H44N2O19. The van der Waals surface area contributed by atoms with Crippen LogP contribution >= 0.6 is 0 Å². The van der Waals surface area contributed by atoms with Gasteiger partial charge in [0.15, 0.2) is 0 Å². The Morgan fingerprint density at radius 2 is 0.634 bits per heavy atom. The molecule has 21 heteroatoms. The van der Waals surface area contributed by atoms with Gasteiger partial charge in [0.1, 0.15) is 18.3 Å². The van der Waals surface area contributed by atoms with E-state index in [2.05, 4.69) is 5.43 Å². The summed E-state index contributed by atoms with van der Waals surface area (Å²) in [6.07, 6.45) is -5.95. The van der Waals surface area contributed by atoms with Crippen molar-refractivity contribution >= 4 is 41.8 Å². The van der Waals surface area contributed by atoms with Gasteiger partial charge in [-0.1, -0.05) is 0 Å². The molecule has 41 heavy (non-hydrogen) atoms. The standard InChI is InChI=1S/C6H16N2O5.7C2H4O2/c7-8-1-3(10)5(12)6(13)4(11)2-9;7*1-2(3)4/h3-6,8-13H,1-2,7H2;7*1H3,(H,3,4)/t3-,4+,5+,6-;;;;;;;/m0......./s1. The molecule has 0 saturated heterocycles. The number of carbonyl (C=O) groups is 7. The molecular weight excluding hydrogens is 572 g/mol. The van der Waals surface area contributed by atoms with Crippen molar-refractivity contribution in [3.05, 3.63) is 0 Å². The minimum absolute atomic E-state index is 0.129. The molecule has 248 valence electrons. The number of aliphatic hydroxyl groups excluding tert-OH is 5. The molecule has 0 amide bonds. The van der Waals surface area contributed by atoms with Crippen molar-refractivity contribution in [1.82, 2.24) is 5.43 Å². The third-order valence-electron chi connectivity index (χ3n) is 1.65. The number of aliphatic hydroxyl groups is 5. The van der Waals surface area contributed by atoms with Crippen molar-refractivity contribution < 1.29 is 94.8 Å². The Balaban J connectivity index is -0.0000000548. The summed E-state index contributed by atoms with van der Waals surface area (Å²) in [7, 11) is 0. The third kappa shape index (κ3) is 246. The van der Waals surface area contributed by atoms with E-state index in [4.69, 9.17) is 101 Å². The second kappa shape index (κ2) is 43.1. The lowest BCUT2D eigenvalue weighted by Gasteiger charge is -2.25. The summed E-state index contributed by atoms with van der Waals surface area (Å²) >= 11 is 0. The first kappa shape index (κ1) is 57.0. The predicted octanol–water partition coefficient (Wildman–Crippen LogP) is -3.48. The molecule has 0 fully saturated rings. The van der Waals surface area contributed by atoms with E-state index in [9.17, 15) is 0 Å². The van der Waals surface area contributed by atoms with Crippen LogP contribution in [-0.4, -0.2) is 141 Å². The SMILES string of the molecule is CC(=O)O.CC(=O)O.CC(=O)O.CC(=O)O.CC(=O)O.CC(=O)O.CC(=O)O.NNC[C@H](O)[C@@H](O)[C@@H](O)[C@H](O)CO. The van der Waals surface area contributed by atoms with Gasteiger partial charge in [-0.3, -0.25) is 44.8 Å². The Kier molecular flexibility index (Phi) is 59.9. The van der Waals surface area contributed by atoms with Crippen molar-refractivity contribution in [3.8, 4) is 0 Å². The molecule has 0 aliphatic heterocycles. The molecule has 21 nitrogen and oxygen atoms in total. The van der Waals surface area contributed by atoms with Gasteiger partial charge in [0.2, 0.25) is 0 Å². The first-order chi connectivity index (χ1) is 18.2. The average Bonchev–Trinajstić information content (AvgIpc) is 2.69. The number of carboxylic acids is 7. The molecule has 0 spiro atoms. The molecule has 0 bridgehead atoms. The van der Waals surface area contributed by atoms with Crippen LogP contribution < -0.4 is 11.3 Å². The molecule has 4 atom stereocenters. The number of rotatable bonds is 6. The van der Waals surface area contributed by atoms with Crippen LogP contribution in [0.5, 0.6) is 0 Å². The van der Waals surface area contributed by atoms with Gasteiger partial charge >= 0.3 is 0 Å². The topological polar surface area (TPSA) is 400 Å². The van der Waals surface area contributed by atoms with E-state index in [-0.39, 0.29) is 6.54 Å². The second-order valence-electron chi connectivity index (χ2n) is 6.34. The largest absolute Gasteiger partial charge is 0.481 e. The lowest BCUT2D eigenvalue weighted by Crippen LogP contribution is -2.49. The quantitative estimate of drug-likeness (QED) is 0.102. The normalized spacial score (nSPS) is 10.9. The van der Waals surface area contributed by atoms with Gasteiger partial charge in [-0.15, -0.1) is 0 Å². The van der Waals surface area contributed by atoms with E-state index >= 15 is 0 Å². The van der Waals surface area contributed by atoms with Gasteiger partial charge in [-0.2, -0.15) is 0 Å². The minimum Gasteiger partial charge on any atom is -0.481 e. The van der Waals surface area contributed by atoms with Crippen LogP contribution in [0.2, 0.25) is 0 Å². The average molecular weight is 617 g/mol. The van der Waals surface area contributed by atoms with Crippen molar-refractivity contribution in [1.29, 1.82) is 0 Å². The molecule has 0 unspecified atom stereocenters. The minimum atomic E-state index is -1.60. The summed E-state index contributed by atoms with van der Waals surface area (Å²) in [6.45, 7) is 6.76. The highest BCUT2D eigenvalue weighted by atomic mass is 16.4. The highest BCUT2D eigenvalue weighted by molar-refractivity contribution is 5.64. The Labute approximate surface area is 234 Å². The zero-order chi connectivity index (χ0) is 35.5. The van der Waals surface area contributed by atoms with E-state index in [1.807, 2.05) is 0 Å². The van der Waals surface area contributed by atoms with Crippen LogP contribution in [-0.2, 0) is 33.6 Å². The van der Waals surface area contributed by atoms with Crippen molar-refractivity contribution in [3.63, 3.8) is 0 Å². The van der Waals surface area contributed by atoms with Crippen molar-refractivity contribution in [2.75, 3.05) is 13.2 Å². The fraction of sp³-hybridized carbons (Fsp3) is 0.650. The van der Waals surface area contributed by atoms with Crippen molar-refractivity contribution in [2.24, 2.45) is 5.84 Å². The Hall–Kier alpha value is -3.99. The molecule has 0 radical (unpaired) electrons. The van der Waals surface area contributed by atoms with Crippen LogP contribution in [0.3, 0.4) is 0 Å². The number of aliphatic carboxylic acids is 7. The smallest absolute Gasteiger partial charge is 0.300 e. The Bertz CT molecular complexity index is 542. The third-order valence-corrected chi connectivity index (χ3v) is 1.65. The molecule has 0 aromatic heterocycles. The van der Waals surface area contributed by atoms with Crippen LogP contribution in [0, 0.1) is 0 Å². The van der Waals surface area contributed by atoms with E-state index in [1.165, 1.54) is 0 Å². The molecule has 0 aromatic carbocycles. The maximum Gasteiger partial charge on any atom is 0.300 e. The zero-order valence-electron chi connectivity index (χ0n) is 23.5. The van der Waals surface area contributed by atoms with Gasteiger partial charge in [-0.25, -0.2) is 0 Å². The number of nitrogens with two attached hydrogens (primary N) is 1. The van der Waals surface area contributed by atoms with E-state index in [0.717, 1.165) is 48.5 Å². The van der Waals surface area contributed by atoms with Gasteiger partial charge in [0.05, 0.1) is 12.7 Å². The summed E-state index contributed by atoms with van der Waals surface area (Å²) in [4.78, 5) is 63.0. The highest BCUT2D eigenvalue weighted by Gasteiger charge is 2.29. The fourth-order valence-electron chi connectivity index (χ4n) is 0.805. The summed E-state index contributed by atoms with van der Waals surface area (Å²) in [5.74, 6) is -0.972. The van der Waals surface area contributed by atoms with Crippen molar-refractivity contribution in [2.45, 2.75) is 72.9 Å². The maximum atomic E-state index is 9.15. The fourth-order valence-corrected chi connectivity index (χ4v) is 0.805. The van der Waals surface area contributed by atoms with Gasteiger partial charge in [0.25, 0.3) is 41.8 Å². The van der Waals surface area contributed by atoms with Crippen LogP contribution in [0.25, 0.3) is 0 Å². The maximum absolute atomic E-state index is 9.15. The Morgan fingerprint density at radius 3 is 0.756 bits per heavy atom. The first-order valence-corrected chi connectivity index (χ1v) is 10.3. The van der Waals surface area contributed by atoms with Crippen LogP contribution in [0.1, 0.15) is 48.5 Å². The zero-order valence-corrected chi connectivity index (χ0v) is 23.5. The lowest BCUT2D eigenvalue weighted by atomic mass is 10.0. The molecule has 0 aromatic rings. The molecule has 0 rings (SSSR count). The number of nitrogens with one attached hydrogen (secondary N) is 1. The Morgan fingerprint density at radius 1 is 0.488 bits per heavy atom. The summed E-state index contributed by atoms with van der Waals surface area (Å²) in [6, 6.07) is 0.